The van der Waals surface area contributed by atoms with Gasteiger partial charge in [0.2, 0.25) is 5.91 Å². The first-order chi connectivity index (χ1) is 11.2. The Kier molecular flexibility index (Phi) is 7.02. The predicted octanol–water partition coefficient (Wildman–Crippen LogP) is 1.41. The van der Waals surface area contributed by atoms with Crippen LogP contribution in [0.25, 0.3) is 0 Å². The number of benzene rings is 1. The molecule has 0 aromatic heterocycles. The summed E-state index contributed by atoms with van der Waals surface area (Å²) in [5, 5.41) is 12.3. The zero-order valence-corrected chi connectivity index (χ0v) is 14.0. The zero-order valence-electron chi connectivity index (χ0n) is 14.0. The molecule has 1 aliphatic heterocycles. The number of rotatable bonds is 8. The molecular weight excluding hydrogens is 292 g/mol. The monoisotopic (exact) mass is 320 g/mol. The van der Waals surface area contributed by atoms with E-state index in [4.69, 9.17) is 4.74 Å². The molecule has 0 bridgehead atoms. The molecule has 0 aliphatic carbocycles. The quantitative estimate of drug-likeness (QED) is 0.711. The van der Waals surface area contributed by atoms with E-state index in [1.165, 1.54) is 5.56 Å². The Labute approximate surface area is 138 Å². The highest BCUT2D eigenvalue weighted by Crippen LogP contribution is 2.35. The van der Waals surface area contributed by atoms with Crippen LogP contribution in [0.3, 0.4) is 0 Å². The van der Waals surface area contributed by atoms with Crippen molar-refractivity contribution in [3.8, 4) is 0 Å². The smallest absolute Gasteiger partial charge is 0.226 e. The van der Waals surface area contributed by atoms with Crippen molar-refractivity contribution >= 4 is 5.91 Å². The molecule has 1 fully saturated rings. The van der Waals surface area contributed by atoms with Crippen molar-refractivity contribution < 1.29 is 14.6 Å². The van der Waals surface area contributed by atoms with Gasteiger partial charge in [0.15, 0.2) is 0 Å². The number of carbonyl (C=O) groups excluding carboxylic acids is 1. The van der Waals surface area contributed by atoms with Gasteiger partial charge in [-0.15, -0.1) is 0 Å². The molecule has 0 radical (unpaired) electrons. The minimum absolute atomic E-state index is 0.0520. The molecule has 1 amide bonds. The second-order valence-corrected chi connectivity index (χ2v) is 6.26. The summed E-state index contributed by atoms with van der Waals surface area (Å²) in [7, 11) is 1.62. The normalized spacial score (nSPS) is 17.8. The molecule has 0 atom stereocenters. The third-order valence-corrected chi connectivity index (χ3v) is 4.73. The van der Waals surface area contributed by atoms with Crippen molar-refractivity contribution in [3.05, 3.63) is 35.9 Å². The van der Waals surface area contributed by atoms with Crippen LogP contribution in [0.5, 0.6) is 0 Å². The predicted molar refractivity (Wildman–Crippen MR) is 90.0 cm³/mol. The van der Waals surface area contributed by atoms with Gasteiger partial charge in [-0.1, -0.05) is 30.3 Å². The summed E-state index contributed by atoms with van der Waals surface area (Å²) in [5.74, 6) is 0.0583. The van der Waals surface area contributed by atoms with Crippen LogP contribution in [0.2, 0.25) is 0 Å². The SMILES string of the molecule is COCCNC(=O)C1(CCO)CCN(Cc2ccccc2)CC1. The lowest BCUT2D eigenvalue weighted by Crippen LogP contribution is -2.49. The van der Waals surface area contributed by atoms with Gasteiger partial charge in [0.25, 0.3) is 0 Å². The number of hydrogen-bond acceptors (Lipinski definition) is 4. The lowest BCUT2D eigenvalue weighted by Gasteiger charge is -2.40. The van der Waals surface area contributed by atoms with Crippen LogP contribution in [-0.4, -0.2) is 55.9 Å². The van der Waals surface area contributed by atoms with Crippen molar-refractivity contribution in [3.63, 3.8) is 0 Å². The van der Waals surface area contributed by atoms with Gasteiger partial charge in [0, 0.05) is 26.8 Å². The highest BCUT2D eigenvalue weighted by atomic mass is 16.5. The average molecular weight is 320 g/mol. The molecule has 1 aromatic carbocycles. The molecule has 0 unspecified atom stereocenters. The maximum atomic E-state index is 12.6. The Bertz CT molecular complexity index is 470. The molecular formula is C18H28N2O3. The number of carbonyl (C=O) groups is 1. The average Bonchev–Trinajstić information content (AvgIpc) is 2.58. The van der Waals surface area contributed by atoms with E-state index in [0.29, 0.717) is 19.6 Å². The number of likely N-dealkylation sites (tertiary alicyclic amines) is 1. The van der Waals surface area contributed by atoms with Crippen molar-refractivity contribution in [2.24, 2.45) is 5.41 Å². The fourth-order valence-corrected chi connectivity index (χ4v) is 3.24. The number of nitrogens with one attached hydrogen (secondary N) is 1. The molecule has 2 rings (SSSR count). The lowest BCUT2D eigenvalue weighted by molar-refractivity contribution is -0.135. The molecule has 5 nitrogen and oxygen atoms in total. The second kappa shape index (κ2) is 9.01. The number of piperidine rings is 1. The van der Waals surface area contributed by atoms with Gasteiger partial charge in [0.05, 0.1) is 12.0 Å². The van der Waals surface area contributed by atoms with Crippen LogP contribution in [0, 0.1) is 5.41 Å². The number of amides is 1. The van der Waals surface area contributed by atoms with Gasteiger partial charge in [-0.25, -0.2) is 0 Å². The van der Waals surface area contributed by atoms with Crippen molar-refractivity contribution in [2.45, 2.75) is 25.8 Å². The van der Waals surface area contributed by atoms with Crippen molar-refractivity contribution in [1.82, 2.24) is 10.2 Å². The zero-order chi connectivity index (χ0) is 16.5. The van der Waals surface area contributed by atoms with Gasteiger partial charge in [-0.2, -0.15) is 0 Å². The largest absolute Gasteiger partial charge is 0.396 e. The molecule has 5 heteroatoms. The van der Waals surface area contributed by atoms with Crippen LogP contribution < -0.4 is 5.32 Å². The molecule has 23 heavy (non-hydrogen) atoms. The van der Waals surface area contributed by atoms with Crippen LogP contribution in [0.4, 0.5) is 0 Å². The van der Waals surface area contributed by atoms with E-state index in [1.807, 2.05) is 6.07 Å². The summed E-state index contributed by atoms with van der Waals surface area (Å²) in [6.45, 7) is 3.77. The lowest BCUT2D eigenvalue weighted by atomic mass is 9.75. The number of aliphatic hydroxyl groups is 1. The van der Waals surface area contributed by atoms with Crippen LogP contribution in [0.15, 0.2) is 30.3 Å². The first-order valence-corrected chi connectivity index (χ1v) is 8.34. The molecule has 1 aromatic rings. The second-order valence-electron chi connectivity index (χ2n) is 6.26. The van der Waals surface area contributed by atoms with E-state index < -0.39 is 5.41 Å². The van der Waals surface area contributed by atoms with Crippen molar-refractivity contribution in [2.75, 3.05) is 40.0 Å². The Balaban J connectivity index is 1.90. The number of nitrogens with zero attached hydrogens (tertiary/aromatic N) is 1. The molecule has 2 N–H and O–H groups in total. The minimum Gasteiger partial charge on any atom is -0.396 e. The maximum Gasteiger partial charge on any atom is 0.226 e. The standard InChI is InChI=1S/C18H28N2O3/c1-23-14-10-19-17(22)18(9-13-21)7-11-20(12-8-18)15-16-5-3-2-4-6-16/h2-6,21H,7-15H2,1H3,(H,19,22). The summed E-state index contributed by atoms with van der Waals surface area (Å²) in [5.41, 5.74) is 0.863. The number of aliphatic hydroxyl groups excluding tert-OH is 1. The Hall–Kier alpha value is -1.43. The topological polar surface area (TPSA) is 61.8 Å². The van der Waals surface area contributed by atoms with Gasteiger partial charge in [-0.3, -0.25) is 9.69 Å². The maximum absolute atomic E-state index is 12.6. The Morgan fingerprint density at radius 2 is 2.00 bits per heavy atom. The van der Waals surface area contributed by atoms with Crippen LogP contribution in [0.1, 0.15) is 24.8 Å². The highest BCUT2D eigenvalue weighted by Gasteiger charge is 2.40. The number of ether oxygens (including phenoxy) is 1. The van der Waals surface area contributed by atoms with E-state index >= 15 is 0 Å². The van der Waals surface area contributed by atoms with Gasteiger partial charge in [-0.05, 0) is 37.9 Å². The first kappa shape index (κ1) is 17.9. The number of methoxy groups -OCH3 is 1. The Morgan fingerprint density at radius 3 is 2.61 bits per heavy atom. The van der Waals surface area contributed by atoms with Gasteiger partial charge >= 0.3 is 0 Å². The molecule has 1 saturated heterocycles. The summed E-state index contributed by atoms with van der Waals surface area (Å²) in [6, 6.07) is 10.4. The van der Waals surface area contributed by atoms with Gasteiger partial charge in [0.1, 0.15) is 0 Å². The summed E-state index contributed by atoms with van der Waals surface area (Å²) in [4.78, 5) is 14.9. The Morgan fingerprint density at radius 1 is 1.30 bits per heavy atom. The van der Waals surface area contributed by atoms with Crippen LogP contribution >= 0.6 is 0 Å². The minimum atomic E-state index is -0.435. The van der Waals surface area contributed by atoms with E-state index in [1.54, 1.807) is 7.11 Å². The summed E-state index contributed by atoms with van der Waals surface area (Å²) >= 11 is 0. The van der Waals surface area contributed by atoms with Gasteiger partial charge < -0.3 is 15.2 Å². The van der Waals surface area contributed by atoms with E-state index in [-0.39, 0.29) is 12.5 Å². The third-order valence-electron chi connectivity index (χ3n) is 4.73. The molecule has 1 aliphatic rings. The number of hydrogen-bond donors (Lipinski definition) is 2. The highest BCUT2D eigenvalue weighted by molar-refractivity contribution is 5.82. The fraction of sp³-hybridized carbons (Fsp3) is 0.611. The summed E-state index contributed by atoms with van der Waals surface area (Å²) < 4.78 is 4.98. The third kappa shape index (κ3) is 5.03. The fourth-order valence-electron chi connectivity index (χ4n) is 3.24. The van der Waals surface area contributed by atoms with E-state index in [0.717, 1.165) is 32.5 Å². The molecule has 128 valence electrons. The first-order valence-electron chi connectivity index (χ1n) is 8.34. The summed E-state index contributed by atoms with van der Waals surface area (Å²) in [6.07, 6.45) is 2.11. The van der Waals surface area contributed by atoms with E-state index in [2.05, 4.69) is 34.5 Å². The molecule has 0 spiro atoms. The molecule has 1 heterocycles. The van der Waals surface area contributed by atoms with Crippen LogP contribution in [-0.2, 0) is 16.1 Å². The van der Waals surface area contributed by atoms with Crippen molar-refractivity contribution in [1.29, 1.82) is 0 Å². The molecule has 0 saturated carbocycles. The van der Waals surface area contributed by atoms with E-state index in [9.17, 15) is 9.90 Å².